The Morgan fingerprint density at radius 1 is 1.39 bits per heavy atom. The standard InChI is InChI=1S/C12H22N2O4/c1-12(2,3)18-11(16)14-6-5-13-9(8-14)7-10(15)17-4/h9,13H,5-8H2,1-4H3/p+1/t9-/m0/s1. The third-order valence-corrected chi connectivity index (χ3v) is 2.66. The van der Waals surface area contributed by atoms with Crippen LogP contribution < -0.4 is 5.32 Å². The Morgan fingerprint density at radius 3 is 2.61 bits per heavy atom. The van der Waals surface area contributed by atoms with Crippen LogP contribution in [-0.4, -0.2) is 55.3 Å². The minimum Gasteiger partial charge on any atom is -0.469 e. The van der Waals surface area contributed by atoms with E-state index in [1.165, 1.54) is 7.11 Å². The van der Waals surface area contributed by atoms with E-state index in [1.807, 2.05) is 20.8 Å². The van der Waals surface area contributed by atoms with Gasteiger partial charge in [0.15, 0.2) is 0 Å². The molecular weight excluding hydrogens is 236 g/mol. The van der Waals surface area contributed by atoms with Gasteiger partial charge in [0.25, 0.3) is 0 Å². The van der Waals surface area contributed by atoms with Gasteiger partial charge in [0.05, 0.1) is 33.2 Å². The molecule has 1 atom stereocenters. The SMILES string of the molecule is COC(=O)C[C@H]1CN(C(=O)OC(C)(C)C)CC[NH2+]1. The summed E-state index contributed by atoms with van der Waals surface area (Å²) in [5.74, 6) is -0.248. The molecule has 18 heavy (non-hydrogen) atoms. The molecule has 0 saturated carbocycles. The molecule has 0 aromatic carbocycles. The summed E-state index contributed by atoms with van der Waals surface area (Å²) >= 11 is 0. The molecule has 1 aliphatic rings. The largest absolute Gasteiger partial charge is 0.469 e. The number of methoxy groups -OCH3 is 1. The van der Waals surface area contributed by atoms with Crippen LogP contribution in [0, 0.1) is 0 Å². The fraction of sp³-hybridized carbons (Fsp3) is 0.833. The van der Waals surface area contributed by atoms with Crippen LogP contribution >= 0.6 is 0 Å². The van der Waals surface area contributed by atoms with Gasteiger partial charge >= 0.3 is 12.1 Å². The second-order valence-electron chi connectivity index (χ2n) is 5.49. The lowest BCUT2D eigenvalue weighted by molar-refractivity contribution is -0.696. The molecule has 6 heteroatoms. The van der Waals surface area contributed by atoms with Crippen molar-refractivity contribution < 1.29 is 24.4 Å². The summed E-state index contributed by atoms with van der Waals surface area (Å²) < 4.78 is 9.95. The smallest absolute Gasteiger partial charge is 0.410 e. The number of quaternary nitrogens is 1. The average Bonchev–Trinajstić information content (AvgIpc) is 2.27. The molecule has 0 aliphatic carbocycles. The summed E-state index contributed by atoms with van der Waals surface area (Å²) in [7, 11) is 1.37. The van der Waals surface area contributed by atoms with Gasteiger partial charge in [0.1, 0.15) is 11.6 Å². The Labute approximate surface area is 108 Å². The van der Waals surface area contributed by atoms with E-state index in [1.54, 1.807) is 4.90 Å². The van der Waals surface area contributed by atoms with Crippen molar-refractivity contribution in [2.24, 2.45) is 0 Å². The quantitative estimate of drug-likeness (QED) is 0.693. The lowest BCUT2D eigenvalue weighted by Gasteiger charge is -2.32. The van der Waals surface area contributed by atoms with E-state index in [0.29, 0.717) is 19.5 Å². The molecule has 6 nitrogen and oxygen atoms in total. The van der Waals surface area contributed by atoms with Gasteiger partial charge in [-0.15, -0.1) is 0 Å². The number of hydrogen-bond donors (Lipinski definition) is 1. The normalized spacial score (nSPS) is 20.4. The van der Waals surface area contributed by atoms with Gasteiger partial charge in [-0.2, -0.15) is 0 Å². The number of esters is 1. The predicted octanol–water partition coefficient (Wildman–Crippen LogP) is -0.268. The zero-order chi connectivity index (χ0) is 13.8. The second-order valence-corrected chi connectivity index (χ2v) is 5.49. The molecule has 1 fully saturated rings. The monoisotopic (exact) mass is 259 g/mol. The number of piperazine rings is 1. The zero-order valence-corrected chi connectivity index (χ0v) is 11.6. The Bertz CT molecular complexity index is 312. The molecule has 1 heterocycles. The number of carbonyl (C=O) groups is 2. The summed E-state index contributed by atoms with van der Waals surface area (Å²) in [6.07, 6.45) is 0.000892. The van der Waals surface area contributed by atoms with Crippen LogP contribution in [0.25, 0.3) is 0 Å². The first-order chi connectivity index (χ1) is 8.31. The van der Waals surface area contributed by atoms with Gasteiger partial charge in [-0.05, 0) is 20.8 Å². The molecule has 0 spiro atoms. The van der Waals surface area contributed by atoms with Gasteiger partial charge in [-0.3, -0.25) is 9.69 Å². The number of carbonyl (C=O) groups excluding carboxylic acids is 2. The van der Waals surface area contributed by atoms with Crippen molar-refractivity contribution in [3.63, 3.8) is 0 Å². The fourth-order valence-electron chi connectivity index (χ4n) is 1.85. The minimum atomic E-state index is -0.490. The number of ether oxygens (including phenoxy) is 2. The van der Waals surface area contributed by atoms with Crippen molar-refractivity contribution in [1.82, 2.24) is 4.90 Å². The molecule has 0 unspecified atom stereocenters. The van der Waals surface area contributed by atoms with Gasteiger partial charge in [0.2, 0.25) is 0 Å². The molecule has 104 valence electrons. The van der Waals surface area contributed by atoms with E-state index in [0.717, 1.165) is 6.54 Å². The third-order valence-electron chi connectivity index (χ3n) is 2.66. The summed E-state index contributed by atoms with van der Waals surface area (Å²) in [6.45, 7) is 7.46. The van der Waals surface area contributed by atoms with E-state index in [-0.39, 0.29) is 18.1 Å². The second kappa shape index (κ2) is 6.04. The topological polar surface area (TPSA) is 72.5 Å². The van der Waals surface area contributed by atoms with E-state index < -0.39 is 5.60 Å². The van der Waals surface area contributed by atoms with Crippen molar-refractivity contribution >= 4 is 12.1 Å². The molecule has 0 radical (unpaired) electrons. The first-order valence-corrected chi connectivity index (χ1v) is 6.20. The third kappa shape index (κ3) is 4.91. The summed E-state index contributed by atoms with van der Waals surface area (Å²) in [5.41, 5.74) is -0.490. The lowest BCUT2D eigenvalue weighted by atomic mass is 10.1. The fourth-order valence-corrected chi connectivity index (χ4v) is 1.85. The maximum absolute atomic E-state index is 11.9. The van der Waals surface area contributed by atoms with Crippen LogP contribution in [0.3, 0.4) is 0 Å². The van der Waals surface area contributed by atoms with Crippen molar-refractivity contribution in [3.8, 4) is 0 Å². The highest BCUT2D eigenvalue weighted by Crippen LogP contribution is 2.11. The number of nitrogens with zero attached hydrogens (tertiary/aromatic N) is 1. The number of hydrogen-bond acceptors (Lipinski definition) is 4. The summed E-state index contributed by atoms with van der Waals surface area (Å²) in [6, 6.07) is 0.0544. The van der Waals surface area contributed by atoms with Gasteiger partial charge in [0, 0.05) is 0 Å². The number of amides is 1. The van der Waals surface area contributed by atoms with Gasteiger partial charge < -0.3 is 14.8 Å². The van der Waals surface area contributed by atoms with E-state index in [4.69, 9.17) is 4.74 Å². The van der Waals surface area contributed by atoms with Crippen LogP contribution in [0.15, 0.2) is 0 Å². The maximum atomic E-state index is 11.9. The van der Waals surface area contributed by atoms with Crippen molar-refractivity contribution in [2.45, 2.75) is 38.8 Å². The summed E-state index contributed by atoms with van der Waals surface area (Å²) in [4.78, 5) is 24.7. The van der Waals surface area contributed by atoms with Gasteiger partial charge in [-0.1, -0.05) is 0 Å². The average molecular weight is 259 g/mol. The van der Waals surface area contributed by atoms with E-state index >= 15 is 0 Å². The van der Waals surface area contributed by atoms with Crippen LogP contribution in [0.1, 0.15) is 27.2 Å². The molecule has 0 aromatic heterocycles. The molecule has 1 amide bonds. The van der Waals surface area contributed by atoms with E-state index in [9.17, 15) is 9.59 Å². The molecule has 1 aliphatic heterocycles. The Balaban J connectivity index is 2.48. The highest BCUT2D eigenvalue weighted by atomic mass is 16.6. The molecular formula is C12H23N2O4+. The van der Waals surface area contributed by atoms with Crippen LogP contribution in [0.5, 0.6) is 0 Å². The van der Waals surface area contributed by atoms with Crippen molar-refractivity contribution in [1.29, 1.82) is 0 Å². The van der Waals surface area contributed by atoms with Crippen LogP contribution in [-0.2, 0) is 14.3 Å². The zero-order valence-electron chi connectivity index (χ0n) is 11.6. The highest BCUT2D eigenvalue weighted by molar-refractivity contribution is 5.70. The minimum absolute atomic E-state index is 0.0544. The van der Waals surface area contributed by atoms with Crippen LogP contribution in [0.2, 0.25) is 0 Å². The highest BCUT2D eigenvalue weighted by Gasteiger charge is 2.30. The van der Waals surface area contributed by atoms with Gasteiger partial charge in [-0.25, -0.2) is 4.79 Å². The van der Waals surface area contributed by atoms with E-state index in [2.05, 4.69) is 10.1 Å². The number of rotatable bonds is 2. The Hall–Kier alpha value is -1.30. The Kier molecular flexibility index (Phi) is 4.95. The van der Waals surface area contributed by atoms with Crippen molar-refractivity contribution in [3.05, 3.63) is 0 Å². The summed E-state index contributed by atoms with van der Waals surface area (Å²) in [5, 5.41) is 2.07. The maximum Gasteiger partial charge on any atom is 0.410 e. The molecule has 0 aromatic rings. The number of nitrogens with two attached hydrogens (primary N) is 1. The lowest BCUT2D eigenvalue weighted by Crippen LogP contribution is -2.95. The predicted molar refractivity (Wildman–Crippen MR) is 65.0 cm³/mol. The molecule has 2 N–H and O–H groups in total. The first kappa shape index (κ1) is 14.8. The molecule has 1 rings (SSSR count). The van der Waals surface area contributed by atoms with Crippen LogP contribution in [0.4, 0.5) is 4.79 Å². The molecule has 0 bridgehead atoms. The Morgan fingerprint density at radius 2 is 2.06 bits per heavy atom. The molecule has 1 saturated heterocycles. The van der Waals surface area contributed by atoms with Crippen molar-refractivity contribution in [2.75, 3.05) is 26.7 Å². The first-order valence-electron chi connectivity index (χ1n) is 6.20.